The quantitative estimate of drug-likeness (QED) is 0.377. The minimum absolute atomic E-state index is 0.0156. The Morgan fingerprint density at radius 2 is 1.88 bits per heavy atom. The lowest BCUT2D eigenvalue weighted by Crippen LogP contribution is -2.38. The summed E-state index contributed by atoms with van der Waals surface area (Å²) in [6.45, 7) is 3.18. The molecule has 1 atom stereocenters. The van der Waals surface area contributed by atoms with Crippen molar-refractivity contribution < 1.29 is 36.6 Å². The van der Waals surface area contributed by atoms with Gasteiger partial charge in [0.2, 0.25) is 0 Å². The maximum atomic E-state index is 14.3. The van der Waals surface area contributed by atoms with E-state index < -0.39 is 65.3 Å². The summed E-state index contributed by atoms with van der Waals surface area (Å²) in [4.78, 5) is 35.0. The Morgan fingerprint density at radius 1 is 1.20 bits per heavy atom. The van der Waals surface area contributed by atoms with Crippen LogP contribution in [0.2, 0.25) is 0 Å². The topological polar surface area (TPSA) is 107 Å². The highest BCUT2D eigenvalue weighted by atomic mass is 32.1. The van der Waals surface area contributed by atoms with Crippen molar-refractivity contribution in [3.05, 3.63) is 28.5 Å². The van der Waals surface area contributed by atoms with E-state index in [9.17, 15) is 36.6 Å². The number of halogens is 5. The first-order valence-corrected chi connectivity index (χ1v) is 13.9. The van der Waals surface area contributed by atoms with Gasteiger partial charge in [0.05, 0.1) is 22.6 Å². The van der Waals surface area contributed by atoms with Crippen molar-refractivity contribution >= 4 is 29.0 Å². The molecule has 1 saturated carbocycles. The number of likely N-dealkylation sites (tertiary alicyclic amines) is 1. The molecule has 0 bridgehead atoms. The molecular formula is C26H32F5N5O3S. The predicted octanol–water partition coefficient (Wildman–Crippen LogP) is 5.34. The molecule has 4 rings (SSSR count). The number of carbonyl (C=O) groups excluding carboxylic acids is 2. The molecule has 3 heterocycles. The number of nitrogens with one attached hydrogen (secondary N) is 2. The van der Waals surface area contributed by atoms with Crippen LogP contribution in [0.3, 0.4) is 0 Å². The second kappa shape index (κ2) is 11.2. The van der Waals surface area contributed by atoms with Gasteiger partial charge in [-0.25, -0.2) is 18.7 Å². The molecule has 1 aliphatic heterocycles. The number of anilines is 1. The first kappa shape index (κ1) is 30.1. The highest BCUT2D eigenvalue weighted by molar-refractivity contribution is 7.17. The summed E-state index contributed by atoms with van der Waals surface area (Å²) in [6, 6.07) is -0.0524. The van der Waals surface area contributed by atoms with Crippen LogP contribution >= 0.6 is 11.3 Å². The van der Waals surface area contributed by atoms with Gasteiger partial charge in [-0.2, -0.15) is 13.2 Å². The number of hydrogen-bond acceptors (Lipinski definition) is 7. The Hall–Kier alpha value is -2.87. The summed E-state index contributed by atoms with van der Waals surface area (Å²) < 4.78 is 71.2. The molecule has 0 aromatic carbocycles. The lowest BCUT2D eigenvalue weighted by atomic mass is 9.95. The standard InChI is InChI=1S/C26H32F5N5O3S/c1-14-10-25(27,28)13-36(14)23(38)19-20(40-22(35-19)21(37)33-12-24(2,3)39)16-11-32-18(9-17(16)26(29,30)31)34-15-7-5-4-6-8-15/h9,11,14-15,39H,4-8,10,12-13H2,1-3H3,(H,32,34)(H,33,37). The molecule has 1 saturated heterocycles. The van der Waals surface area contributed by atoms with E-state index in [2.05, 4.69) is 20.6 Å². The zero-order chi connectivity index (χ0) is 29.5. The molecule has 2 aromatic heterocycles. The van der Waals surface area contributed by atoms with Gasteiger partial charge in [0, 0.05) is 36.8 Å². The van der Waals surface area contributed by atoms with Crippen LogP contribution in [0.5, 0.6) is 0 Å². The fourth-order valence-corrected chi connectivity index (χ4v) is 5.94. The number of alkyl halides is 5. The van der Waals surface area contributed by atoms with Crippen LogP contribution in [-0.2, 0) is 6.18 Å². The van der Waals surface area contributed by atoms with Crippen LogP contribution in [0.25, 0.3) is 10.4 Å². The third-order valence-corrected chi connectivity index (χ3v) is 7.99. The van der Waals surface area contributed by atoms with Crippen molar-refractivity contribution in [2.75, 3.05) is 18.4 Å². The van der Waals surface area contributed by atoms with Crippen molar-refractivity contribution in [2.45, 2.75) is 89.1 Å². The fourth-order valence-electron chi connectivity index (χ4n) is 4.94. The van der Waals surface area contributed by atoms with Crippen LogP contribution in [0.15, 0.2) is 12.3 Å². The maximum Gasteiger partial charge on any atom is 0.417 e. The number of aliphatic hydroxyl groups is 1. The summed E-state index contributed by atoms with van der Waals surface area (Å²) in [6.07, 6.45) is 0.102. The molecule has 0 spiro atoms. The van der Waals surface area contributed by atoms with Crippen LogP contribution < -0.4 is 10.6 Å². The lowest BCUT2D eigenvalue weighted by molar-refractivity contribution is -0.137. The Morgan fingerprint density at radius 3 is 2.45 bits per heavy atom. The summed E-state index contributed by atoms with van der Waals surface area (Å²) >= 11 is 0.531. The number of thiazole rings is 1. The predicted molar refractivity (Wildman–Crippen MR) is 140 cm³/mol. The zero-order valence-electron chi connectivity index (χ0n) is 22.4. The molecule has 2 aromatic rings. The van der Waals surface area contributed by atoms with E-state index in [0.717, 1.165) is 49.3 Å². The van der Waals surface area contributed by atoms with Gasteiger partial charge in [-0.1, -0.05) is 19.3 Å². The van der Waals surface area contributed by atoms with Crippen LogP contribution in [0.4, 0.5) is 27.8 Å². The SMILES string of the molecule is CC1CC(F)(F)CN1C(=O)c1nc(C(=O)NCC(C)(C)O)sc1-c1cnc(NC2CCCCC2)cc1C(F)(F)F. The third kappa shape index (κ3) is 7.06. The summed E-state index contributed by atoms with van der Waals surface area (Å²) in [5, 5.41) is 15.1. The average molecular weight is 590 g/mol. The molecule has 2 amide bonds. The van der Waals surface area contributed by atoms with E-state index in [-0.39, 0.29) is 28.3 Å². The molecular weight excluding hydrogens is 557 g/mol. The number of pyridine rings is 1. The minimum Gasteiger partial charge on any atom is -0.389 e. The summed E-state index contributed by atoms with van der Waals surface area (Å²) in [5.41, 5.74) is -3.41. The molecule has 8 nitrogen and oxygen atoms in total. The monoisotopic (exact) mass is 589 g/mol. The molecule has 0 radical (unpaired) electrons. The Bertz CT molecular complexity index is 1250. The van der Waals surface area contributed by atoms with E-state index >= 15 is 0 Å². The molecule has 220 valence electrons. The molecule has 1 aliphatic carbocycles. The smallest absolute Gasteiger partial charge is 0.389 e. The molecule has 3 N–H and O–H groups in total. The number of amides is 2. The second-order valence-electron chi connectivity index (χ2n) is 11.1. The summed E-state index contributed by atoms with van der Waals surface area (Å²) in [7, 11) is 0. The lowest BCUT2D eigenvalue weighted by Gasteiger charge is -2.24. The molecule has 2 aliphatic rings. The van der Waals surface area contributed by atoms with Gasteiger partial charge in [-0.05, 0) is 39.7 Å². The van der Waals surface area contributed by atoms with E-state index in [0.29, 0.717) is 11.3 Å². The van der Waals surface area contributed by atoms with Gasteiger partial charge in [-0.3, -0.25) is 9.59 Å². The van der Waals surface area contributed by atoms with Gasteiger partial charge in [-0.15, -0.1) is 11.3 Å². The molecule has 14 heteroatoms. The maximum absolute atomic E-state index is 14.3. The zero-order valence-corrected chi connectivity index (χ0v) is 23.2. The van der Waals surface area contributed by atoms with E-state index in [1.54, 1.807) is 0 Å². The minimum atomic E-state index is -4.86. The summed E-state index contributed by atoms with van der Waals surface area (Å²) in [5.74, 6) is -4.97. The Balaban J connectivity index is 1.77. The third-order valence-electron chi connectivity index (χ3n) is 6.91. The van der Waals surface area contributed by atoms with Crippen LogP contribution in [0, 0.1) is 0 Å². The van der Waals surface area contributed by atoms with Gasteiger partial charge < -0.3 is 20.6 Å². The van der Waals surface area contributed by atoms with Crippen molar-refractivity contribution in [3.8, 4) is 10.4 Å². The number of hydrogen-bond donors (Lipinski definition) is 3. The van der Waals surface area contributed by atoms with Gasteiger partial charge in [0.1, 0.15) is 11.5 Å². The normalized spacial score (nSPS) is 20.0. The van der Waals surface area contributed by atoms with Crippen LogP contribution in [-0.4, -0.2) is 68.5 Å². The van der Waals surface area contributed by atoms with Gasteiger partial charge in [0.25, 0.3) is 17.7 Å². The van der Waals surface area contributed by atoms with E-state index in [1.165, 1.54) is 20.8 Å². The Labute approximate surface area is 232 Å². The Kier molecular flexibility index (Phi) is 8.42. The number of carbonyl (C=O) groups is 2. The van der Waals surface area contributed by atoms with Crippen molar-refractivity contribution in [3.63, 3.8) is 0 Å². The highest BCUT2D eigenvalue weighted by Gasteiger charge is 2.46. The van der Waals surface area contributed by atoms with Gasteiger partial charge in [0.15, 0.2) is 5.01 Å². The highest BCUT2D eigenvalue weighted by Crippen LogP contribution is 2.43. The first-order valence-electron chi connectivity index (χ1n) is 13.1. The van der Waals surface area contributed by atoms with Crippen molar-refractivity contribution in [1.82, 2.24) is 20.2 Å². The number of nitrogens with zero attached hydrogens (tertiary/aromatic N) is 3. The first-order chi connectivity index (χ1) is 18.5. The van der Waals surface area contributed by atoms with Crippen molar-refractivity contribution in [1.29, 1.82) is 0 Å². The fraction of sp³-hybridized carbons (Fsp3) is 0.615. The molecule has 1 unspecified atom stereocenters. The van der Waals surface area contributed by atoms with Crippen molar-refractivity contribution in [2.24, 2.45) is 0 Å². The largest absolute Gasteiger partial charge is 0.417 e. The molecule has 40 heavy (non-hydrogen) atoms. The number of rotatable bonds is 7. The average Bonchev–Trinajstić information content (AvgIpc) is 3.42. The van der Waals surface area contributed by atoms with E-state index in [1.807, 2.05) is 0 Å². The molecule has 2 fully saturated rings. The number of aromatic nitrogens is 2. The van der Waals surface area contributed by atoms with Gasteiger partial charge >= 0.3 is 6.18 Å². The van der Waals surface area contributed by atoms with E-state index in [4.69, 9.17) is 0 Å². The van der Waals surface area contributed by atoms with Crippen LogP contribution in [0.1, 0.15) is 85.2 Å². The second-order valence-corrected chi connectivity index (χ2v) is 12.1.